The Labute approximate surface area is 335 Å². The molecule has 3 aromatic rings. The fourth-order valence-corrected chi connectivity index (χ4v) is 5.22. The largest absolute Gasteiger partial charge is 1.00 e. The van der Waals surface area contributed by atoms with Gasteiger partial charge in [-0.2, -0.15) is 15.0 Å². The minimum atomic E-state index is -5.21. The van der Waals surface area contributed by atoms with Crippen molar-refractivity contribution in [2.45, 2.75) is 9.79 Å². The van der Waals surface area contributed by atoms with Gasteiger partial charge in [-0.1, -0.05) is 12.1 Å². The fourth-order valence-electron chi connectivity index (χ4n) is 3.12. The van der Waals surface area contributed by atoms with E-state index in [4.69, 9.17) is 0 Å². The van der Waals surface area contributed by atoms with Crippen molar-refractivity contribution < 1.29 is 170 Å². The third kappa shape index (κ3) is 15.0. The van der Waals surface area contributed by atoms with Gasteiger partial charge in [0.2, 0.25) is 17.8 Å². The smallest absolute Gasteiger partial charge is 0.748 e. The summed E-state index contributed by atoms with van der Waals surface area (Å²) in [4.78, 5) is 9.87. The molecule has 0 unspecified atom stereocenters. The van der Waals surface area contributed by atoms with E-state index in [-0.39, 0.29) is 141 Å². The van der Waals surface area contributed by atoms with Crippen molar-refractivity contribution in [1.29, 1.82) is 0 Å². The van der Waals surface area contributed by atoms with Gasteiger partial charge in [0.05, 0.1) is 41.5 Å². The number of rotatable bonds is 12. The zero-order chi connectivity index (χ0) is 29.2. The Hall–Kier alpha value is 0.750. The van der Waals surface area contributed by atoms with E-state index in [0.717, 1.165) is 30.3 Å². The van der Waals surface area contributed by atoms with E-state index in [1.165, 1.54) is 0 Å². The number of hydrogen-bond acceptors (Lipinski definition) is 18. The molecule has 0 saturated heterocycles. The summed E-state index contributed by atoms with van der Waals surface area (Å²) in [6.45, 7) is -0.939. The molecule has 0 aliphatic rings. The first-order valence-corrected chi connectivity index (χ1v) is 16.2. The zero-order valence-electron chi connectivity index (χ0n) is 23.1. The molecule has 0 aliphatic heterocycles. The van der Waals surface area contributed by atoms with Gasteiger partial charge in [-0.25, -0.2) is 33.7 Å². The van der Waals surface area contributed by atoms with E-state index in [1.807, 2.05) is 0 Å². The Bertz CT molecular complexity index is 1810. The molecule has 18 nitrogen and oxygen atoms in total. The molecule has 214 valence electrons. The van der Waals surface area contributed by atoms with Crippen LogP contribution in [0.3, 0.4) is 0 Å². The Morgan fingerprint density at radius 2 is 1.02 bits per heavy atom. The van der Waals surface area contributed by atoms with Crippen LogP contribution in [0.1, 0.15) is 0 Å². The van der Waals surface area contributed by atoms with Crippen LogP contribution < -0.4 is 134 Å². The summed E-state index contributed by atoms with van der Waals surface area (Å²) in [5, 5.41) is 6.51. The van der Waals surface area contributed by atoms with E-state index >= 15 is 0 Å². The Balaban J connectivity index is 0. The maximum Gasteiger partial charge on any atom is 1.00 e. The van der Waals surface area contributed by atoms with Gasteiger partial charge in [-0.3, -0.25) is 0 Å². The second-order valence-corrected chi connectivity index (χ2v) is 13.3. The first kappa shape index (κ1) is 45.9. The molecule has 0 aliphatic carbocycles. The molecule has 0 bridgehead atoms. The maximum absolute atomic E-state index is 11.9. The number of nitrogens with zero attached hydrogens (tertiary/aromatic N) is 3. The van der Waals surface area contributed by atoms with E-state index in [0.29, 0.717) is 0 Å². The van der Waals surface area contributed by atoms with Crippen LogP contribution in [0.25, 0.3) is 10.8 Å². The molecule has 3 N–H and O–H groups in total. The Morgan fingerprint density at radius 3 is 1.44 bits per heavy atom. The van der Waals surface area contributed by atoms with Crippen LogP contribution in [0.15, 0.2) is 40.1 Å². The number of fused-ring (bicyclic) bond motifs is 1. The van der Waals surface area contributed by atoms with Crippen molar-refractivity contribution in [1.82, 2.24) is 15.0 Å². The first-order chi connectivity index (χ1) is 17.8. The topological polar surface area (TPSA) is 304 Å². The van der Waals surface area contributed by atoms with Crippen molar-refractivity contribution >= 4 is 74.8 Å². The molecule has 26 heteroatoms. The molecule has 0 radical (unpaired) electrons. The van der Waals surface area contributed by atoms with Crippen molar-refractivity contribution in [2.24, 2.45) is 0 Å². The quantitative estimate of drug-likeness (QED) is 0.116. The summed E-state index contributed by atoms with van der Waals surface area (Å²) >= 11 is 0. The van der Waals surface area contributed by atoms with Crippen molar-refractivity contribution in [3.63, 3.8) is 0 Å². The second-order valence-electron chi connectivity index (χ2n) is 7.54. The van der Waals surface area contributed by atoms with E-state index in [1.54, 1.807) is 0 Å². The predicted octanol–water partition coefficient (Wildman–Crippen LogP) is -13.5. The summed E-state index contributed by atoms with van der Waals surface area (Å²) in [5.41, 5.74) is -0.291. The van der Waals surface area contributed by atoms with Crippen molar-refractivity contribution in [3.05, 3.63) is 30.3 Å². The number of benzene rings is 2. The summed E-state index contributed by atoms with van der Waals surface area (Å²) in [6, 6.07) is 4.91. The van der Waals surface area contributed by atoms with Crippen LogP contribution in [-0.4, -0.2) is 91.4 Å². The van der Waals surface area contributed by atoms with Crippen molar-refractivity contribution in [3.8, 4) is 0 Å². The second kappa shape index (κ2) is 18.3. The minimum Gasteiger partial charge on any atom is -0.748 e. The molecule has 3 rings (SSSR count). The van der Waals surface area contributed by atoms with Crippen LogP contribution >= 0.6 is 0 Å². The van der Waals surface area contributed by atoms with E-state index in [9.17, 15) is 51.9 Å². The first-order valence-electron chi connectivity index (χ1n) is 10.2. The number of aromatic nitrogens is 3. The maximum atomic E-state index is 11.9. The molecule has 1 aromatic heterocycles. The van der Waals surface area contributed by atoms with Crippen LogP contribution in [0, 0.1) is 0 Å². The number of hydrogen-bond donors (Lipinski definition) is 3. The summed E-state index contributed by atoms with van der Waals surface area (Å²) in [6.07, 6.45) is 0. The zero-order valence-corrected chi connectivity index (χ0v) is 34.4. The molecular weight excluding hydrogens is 700 g/mol. The van der Waals surface area contributed by atoms with Crippen LogP contribution in [0.2, 0.25) is 0 Å². The van der Waals surface area contributed by atoms with Gasteiger partial charge in [0, 0.05) is 29.5 Å². The predicted molar refractivity (Wildman–Crippen MR) is 129 cm³/mol. The standard InChI is InChI=1S/C17H20N6O12S4.4Na/c24-36(25,26)6-4-18-15-21-16(19-5-7-37(27,28)29)23-17(22-15)20-10-8-12-11(14(9-10)39(33,34)35)2-1-3-13(12)38(30,31)32;;;;/h1-3,8-9H,4-7H2,(H,24,25,26)(H,27,28,29)(H,30,31,32)(H,33,34,35)(H3,18,19,20,21,22,23);;;;/q;4*+1/p-4. The van der Waals surface area contributed by atoms with Gasteiger partial charge in [-0.15, -0.1) is 0 Å². The number of anilines is 4. The van der Waals surface area contributed by atoms with Gasteiger partial charge in [0.25, 0.3) is 0 Å². The van der Waals surface area contributed by atoms with E-state index < -0.39 is 86.2 Å². The summed E-state index contributed by atoms with van der Waals surface area (Å²) in [5.74, 6) is -2.94. The van der Waals surface area contributed by atoms with Gasteiger partial charge >= 0.3 is 118 Å². The molecular formula is C17H16N6Na4O12S4. The normalized spacial score (nSPS) is 11.6. The molecule has 2 aromatic carbocycles. The fraction of sp³-hybridized carbons (Fsp3) is 0.235. The molecule has 0 fully saturated rings. The van der Waals surface area contributed by atoms with Crippen molar-refractivity contribution in [2.75, 3.05) is 40.5 Å². The van der Waals surface area contributed by atoms with Gasteiger partial charge in [-0.05, 0) is 18.2 Å². The third-order valence-electron chi connectivity index (χ3n) is 4.62. The Kier molecular flexibility index (Phi) is 19.6. The molecule has 0 spiro atoms. The SMILES string of the molecule is O=S(=O)([O-])CCNc1nc(NCCS(=O)(=O)[O-])nc(Nc2cc(S(=O)(=O)[O-])c3cccc(S(=O)(=O)[O-])c3c2)n1.[Na+].[Na+].[Na+].[Na+]. The summed E-state index contributed by atoms with van der Waals surface area (Å²) < 4.78 is 136. The monoisotopic (exact) mass is 716 g/mol. The molecule has 1 heterocycles. The van der Waals surface area contributed by atoms with E-state index in [2.05, 4.69) is 30.9 Å². The average molecular weight is 717 g/mol. The third-order valence-corrected chi connectivity index (χ3v) is 7.80. The molecule has 43 heavy (non-hydrogen) atoms. The van der Waals surface area contributed by atoms with Crippen LogP contribution in [0.5, 0.6) is 0 Å². The summed E-state index contributed by atoms with van der Waals surface area (Å²) in [7, 11) is -19.6. The van der Waals surface area contributed by atoms with Gasteiger partial charge < -0.3 is 34.2 Å². The van der Waals surface area contributed by atoms with Crippen LogP contribution in [-0.2, 0) is 40.5 Å². The van der Waals surface area contributed by atoms with Crippen LogP contribution in [0.4, 0.5) is 23.5 Å². The number of nitrogens with one attached hydrogen (secondary N) is 3. The minimum absolute atomic E-state index is 0. The molecule has 0 amide bonds. The molecule has 0 atom stereocenters. The van der Waals surface area contributed by atoms with Gasteiger partial charge in [0.15, 0.2) is 0 Å². The molecule has 0 saturated carbocycles. The average Bonchev–Trinajstić information content (AvgIpc) is 2.75. The van der Waals surface area contributed by atoms with Gasteiger partial charge in [0.1, 0.15) is 20.2 Å². The Morgan fingerprint density at radius 1 is 0.581 bits per heavy atom.